The van der Waals surface area contributed by atoms with Crippen molar-refractivity contribution < 1.29 is 15.4 Å². The van der Waals surface area contributed by atoms with Crippen LogP contribution in [0.2, 0.25) is 0 Å². The number of hydrogen-bond donors (Lipinski definition) is 0. The molecule has 52 heavy (non-hydrogen) atoms. The summed E-state index contributed by atoms with van der Waals surface area (Å²) in [6.07, 6.45) is 0. The van der Waals surface area contributed by atoms with Gasteiger partial charge in [0.15, 0.2) is 0 Å². The Hall–Kier alpha value is -6.90. The highest BCUT2D eigenvalue weighted by atomic mass is 16.3. The molecule has 0 aliphatic carbocycles. The molecule has 10 rings (SSSR count). The predicted molar refractivity (Wildman–Crippen MR) is 220 cm³/mol. The lowest BCUT2D eigenvalue weighted by Crippen LogP contribution is -2.09. The summed E-state index contributed by atoms with van der Waals surface area (Å²) in [6, 6.07) is 44.4. The van der Waals surface area contributed by atoms with E-state index >= 15 is 0 Å². The van der Waals surface area contributed by atoms with Gasteiger partial charge in [0.05, 0.1) is 11.0 Å². The predicted octanol–water partition coefficient (Wildman–Crippen LogP) is 14.4. The lowest BCUT2D eigenvalue weighted by molar-refractivity contribution is 0.669. The van der Waals surface area contributed by atoms with Crippen molar-refractivity contribution in [1.29, 1.82) is 0 Å². The summed E-state index contributed by atoms with van der Waals surface area (Å²) < 4.78 is 81.7. The third kappa shape index (κ3) is 5.21. The Kier molecular flexibility index (Phi) is 5.45. The minimum Gasteiger partial charge on any atom is -0.456 e. The maximum Gasteiger partial charge on any atom is 0.135 e. The van der Waals surface area contributed by atoms with Crippen LogP contribution >= 0.6 is 0 Å². The maximum absolute atomic E-state index is 9.52. The van der Waals surface area contributed by atoms with E-state index in [9.17, 15) is 11.0 Å². The van der Waals surface area contributed by atoms with E-state index in [1.54, 1.807) is 24.3 Å². The smallest absolute Gasteiger partial charge is 0.135 e. The molecule has 9 aromatic carbocycles. The second-order valence-electron chi connectivity index (χ2n) is 12.7. The van der Waals surface area contributed by atoms with Gasteiger partial charge < -0.3 is 9.32 Å². The van der Waals surface area contributed by atoms with E-state index in [0.29, 0.717) is 16.8 Å². The molecule has 2 heteroatoms. The summed E-state index contributed by atoms with van der Waals surface area (Å²) in [7, 11) is 0. The fourth-order valence-corrected chi connectivity index (χ4v) is 7.07. The minimum absolute atomic E-state index is 0.119. The molecule has 0 aliphatic rings. The van der Waals surface area contributed by atoms with E-state index in [2.05, 4.69) is 6.07 Å². The molecule has 0 unspecified atom stereocenters. The number of para-hydroxylation sites is 1. The quantitative estimate of drug-likeness (QED) is 0.175. The van der Waals surface area contributed by atoms with E-state index in [1.807, 2.05) is 121 Å². The summed E-state index contributed by atoms with van der Waals surface area (Å²) >= 11 is 0. The first-order valence-corrected chi connectivity index (χ1v) is 17.1. The highest BCUT2D eigenvalue weighted by Crippen LogP contribution is 2.40. The van der Waals surface area contributed by atoms with Crippen molar-refractivity contribution >= 4 is 60.5 Å². The van der Waals surface area contributed by atoms with Crippen molar-refractivity contribution in [3.63, 3.8) is 0 Å². The first-order chi connectivity index (χ1) is 29.1. The van der Waals surface area contributed by atoms with Gasteiger partial charge in [-0.1, -0.05) is 145 Å². The second-order valence-corrected chi connectivity index (χ2v) is 12.7. The van der Waals surface area contributed by atoms with Crippen LogP contribution in [0.1, 0.15) is 11.0 Å². The molecule has 0 saturated heterocycles. The lowest BCUT2D eigenvalue weighted by Gasteiger charge is -2.26. The number of nitrogens with zero attached hydrogens (tertiary/aromatic N) is 1. The number of hydrogen-bond acceptors (Lipinski definition) is 2. The molecule has 0 radical (unpaired) electrons. The molecule has 244 valence electrons. The molecular weight excluding hydrogens is 631 g/mol. The summed E-state index contributed by atoms with van der Waals surface area (Å²) in [6.45, 7) is 0. The molecular formula is C50H33NO. The maximum atomic E-state index is 9.52. The highest BCUT2D eigenvalue weighted by Gasteiger charge is 2.15. The number of benzene rings is 9. The molecule has 0 N–H and O–H groups in total. The van der Waals surface area contributed by atoms with Crippen molar-refractivity contribution in [2.24, 2.45) is 0 Å². The van der Waals surface area contributed by atoms with Crippen LogP contribution < -0.4 is 4.90 Å². The summed E-state index contributed by atoms with van der Waals surface area (Å²) in [5.74, 6) is 0. The van der Waals surface area contributed by atoms with Gasteiger partial charge in [0, 0.05) is 27.8 Å². The monoisotopic (exact) mass is 671 g/mol. The Bertz CT molecular complexity index is 3160. The van der Waals surface area contributed by atoms with Crippen LogP contribution in [0, 0.1) is 0 Å². The van der Waals surface area contributed by atoms with Crippen LogP contribution in [0.15, 0.2) is 204 Å². The van der Waals surface area contributed by atoms with Gasteiger partial charge in [-0.05, 0) is 109 Å². The van der Waals surface area contributed by atoms with Gasteiger partial charge in [-0.15, -0.1) is 0 Å². The molecule has 1 heterocycles. The van der Waals surface area contributed by atoms with E-state index < -0.39 is 24.2 Å². The van der Waals surface area contributed by atoms with Gasteiger partial charge in [-0.3, -0.25) is 0 Å². The van der Waals surface area contributed by atoms with Crippen LogP contribution in [0.25, 0.3) is 76.9 Å². The van der Waals surface area contributed by atoms with Crippen molar-refractivity contribution in [2.45, 2.75) is 0 Å². The fourth-order valence-electron chi connectivity index (χ4n) is 7.07. The van der Waals surface area contributed by atoms with Crippen molar-refractivity contribution in [3.8, 4) is 33.4 Å². The largest absolute Gasteiger partial charge is 0.456 e. The zero-order valence-corrected chi connectivity index (χ0v) is 27.8. The molecule has 0 bridgehead atoms. The zero-order valence-electron chi connectivity index (χ0n) is 35.8. The summed E-state index contributed by atoms with van der Waals surface area (Å²) in [5, 5.41) is 5.25. The Morgan fingerprint density at radius 1 is 0.346 bits per heavy atom. The molecule has 0 atom stereocenters. The molecule has 2 nitrogen and oxygen atoms in total. The van der Waals surface area contributed by atoms with Crippen LogP contribution in [-0.4, -0.2) is 0 Å². The van der Waals surface area contributed by atoms with Crippen LogP contribution in [0.5, 0.6) is 0 Å². The van der Waals surface area contributed by atoms with Crippen LogP contribution in [0.3, 0.4) is 0 Å². The molecule has 0 spiro atoms. The van der Waals surface area contributed by atoms with E-state index in [0.717, 1.165) is 54.6 Å². The summed E-state index contributed by atoms with van der Waals surface area (Å²) in [5.41, 5.74) is 4.52. The number of fused-ring (bicyclic) bond motifs is 5. The highest BCUT2D eigenvalue weighted by molar-refractivity contribution is 6.06. The van der Waals surface area contributed by atoms with Crippen molar-refractivity contribution in [3.05, 3.63) is 200 Å². The van der Waals surface area contributed by atoms with Crippen molar-refractivity contribution in [1.82, 2.24) is 0 Å². The van der Waals surface area contributed by atoms with Gasteiger partial charge in [0.1, 0.15) is 11.2 Å². The van der Waals surface area contributed by atoms with Crippen LogP contribution in [-0.2, 0) is 0 Å². The van der Waals surface area contributed by atoms with Crippen molar-refractivity contribution in [2.75, 3.05) is 4.90 Å². The second kappa shape index (κ2) is 12.5. The first-order valence-electron chi connectivity index (χ1n) is 21.1. The Morgan fingerprint density at radius 3 is 1.42 bits per heavy atom. The van der Waals surface area contributed by atoms with Gasteiger partial charge in [0.25, 0.3) is 0 Å². The SMILES string of the molecule is [2H]c1c([2H])c(N(c2ccc(-c3ccc4oc5ccccc5c4c3)cc2)c2c([2H])c([2H])c(-c3cccc4ccccc34)c([2H])c2[2H])c([2H])c([2H])c1-c1cccc2ccccc12. The van der Waals surface area contributed by atoms with Gasteiger partial charge in [-0.2, -0.15) is 0 Å². The Morgan fingerprint density at radius 2 is 0.827 bits per heavy atom. The van der Waals surface area contributed by atoms with Gasteiger partial charge in [-0.25, -0.2) is 0 Å². The number of furan rings is 1. The third-order valence-electron chi connectivity index (χ3n) is 9.62. The van der Waals surface area contributed by atoms with E-state index in [-0.39, 0.29) is 46.7 Å². The Balaban J connectivity index is 1.20. The molecule has 0 amide bonds. The van der Waals surface area contributed by atoms with E-state index in [1.165, 1.54) is 4.90 Å². The standard InChI is InChI=1S/C50H33NO/c1-3-13-43-35(9-1)11-7-16-45(43)37-21-28-41(29-22-37)51(42-30-23-38(24-31-42)46-17-8-12-36-10-2-4-14-44(36)46)40-26-19-34(20-27-40)39-25-32-50-48(33-39)47-15-5-6-18-49(47)52-50/h1-33H/i21D,22D,23D,24D,28D,29D,30D,31D. The average Bonchev–Trinajstić information content (AvgIpc) is 3.66. The number of anilines is 3. The topological polar surface area (TPSA) is 16.4 Å². The summed E-state index contributed by atoms with van der Waals surface area (Å²) in [4.78, 5) is 1.35. The minimum atomic E-state index is -0.393. The normalized spacial score (nSPS) is 13.6. The van der Waals surface area contributed by atoms with Crippen LogP contribution in [0.4, 0.5) is 17.1 Å². The number of rotatable bonds is 6. The molecule has 1 aromatic heterocycles. The van der Waals surface area contributed by atoms with Gasteiger partial charge >= 0.3 is 0 Å². The Labute approximate surface area is 313 Å². The lowest BCUT2D eigenvalue weighted by atomic mass is 9.97. The van der Waals surface area contributed by atoms with E-state index in [4.69, 9.17) is 4.42 Å². The molecule has 0 fully saturated rings. The molecule has 0 saturated carbocycles. The fraction of sp³-hybridized carbons (Fsp3) is 0. The molecule has 0 aliphatic heterocycles. The zero-order chi connectivity index (χ0) is 41.4. The third-order valence-corrected chi connectivity index (χ3v) is 9.62. The molecule has 10 aromatic rings. The first kappa shape index (κ1) is 22.7. The van der Waals surface area contributed by atoms with Gasteiger partial charge in [0.2, 0.25) is 0 Å². The average molecular weight is 672 g/mol.